The lowest BCUT2D eigenvalue weighted by Gasteiger charge is -2.15. The summed E-state index contributed by atoms with van der Waals surface area (Å²) in [6.07, 6.45) is 0.720. The molecule has 1 rings (SSSR count). The standard InChI is InChI=1S/C11H15Cl2NO2S/c1-3-8(14-2)7-17(15,16)11-9(12)5-4-6-10(11)13/h4-6,8,14H,3,7H2,1-2H3. The third-order valence-corrected chi connectivity index (χ3v) is 5.31. The van der Waals surface area contributed by atoms with Gasteiger partial charge in [0.15, 0.2) is 9.84 Å². The van der Waals surface area contributed by atoms with Crippen molar-refractivity contribution in [3.8, 4) is 0 Å². The van der Waals surface area contributed by atoms with Crippen molar-refractivity contribution in [3.63, 3.8) is 0 Å². The summed E-state index contributed by atoms with van der Waals surface area (Å²) < 4.78 is 24.4. The molecule has 1 aromatic carbocycles. The highest BCUT2D eigenvalue weighted by atomic mass is 35.5. The highest BCUT2D eigenvalue weighted by Gasteiger charge is 2.24. The van der Waals surface area contributed by atoms with Gasteiger partial charge in [0.25, 0.3) is 0 Å². The molecule has 0 aromatic heterocycles. The van der Waals surface area contributed by atoms with Gasteiger partial charge in [-0.2, -0.15) is 0 Å². The van der Waals surface area contributed by atoms with Crippen LogP contribution in [0.4, 0.5) is 0 Å². The number of hydrogen-bond acceptors (Lipinski definition) is 3. The molecule has 0 heterocycles. The molecule has 0 aliphatic heterocycles. The van der Waals surface area contributed by atoms with Crippen molar-refractivity contribution in [2.75, 3.05) is 12.8 Å². The van der Waals surface area contributed by atoms with E-state index in [1.807, 2.05) is 6.92 Å². The molecule has 0 radical (unpaired) electrons. The number of hydrogen-bond donors (Lipinski definition) is 1. The van der Waals surface area contributed by atoms with Gasteiger partial charge in [-0.15, -0.1) is 0 Å². The SMILES string of the molecule is CCC(CS(=O)(=O)c1c(Cl)cccc1Cl)NC. The van der Waals surface area contributed by atoms with Crippen LogP contribution in [-0.2, 0) is 9.84 Å². The van der Waals surface area contributed by atoms with E-state index < -0.39 is 9.84 Å². The zero-order valence-electron chi connectivity index (χ0n) is 9.70. The average molecular weight is 296 g/mol. The van der Waals surface area contributed by atoms with Crippen LogP contribution in [-0.4, -0.2) is 27.3 Å². The Morgan fingerprint density at radius 1 is 1.29 bits per heavy atom. The average Bonchev–Trinajstić information content (AvgIpc) is 2.25. The molecule has 3 nitrogen and oxygen atoms in total. The van der Waals surface area contributed by atoms with E-state index in [-0.39, 0.29) is 26.7 Å². The van der Waals surface area contributed by atoms with E-state index in [0.29, 0.717) is 0 Å². The van der Waals surface area contributed by atoms with E-state index in [1.165, 1.54) is 12.1 Å². The van der Waals surface area contributed by atoms with Crippen LogP contribution < -0.4 is 5.32 Å². The van der Waals surface area contributed by atoms with Gasteiger partial charge in [-0.05, 0) is 25.6 Å². The van der Waals surface area contributed by atoms with Gasteiger partial charge in [0, 0.05) is 6.04 Å². The summed E-state index contributed by atoms with van der Waals surface area (Å²) in [5.41, 5.74) is 0. The smallest absolute Gasteiger partial charge is 0.182 e. The predicted molar refractivity (Wildman–Crippen MR) is 71.7 cm³/mol. The third kappa shape index (κ3) is 3.58. The van der Waals surface area contributed by atoms with Crippen molar-refractivity contribution in [3.05, 3.63) is 28.2 Å². The fourth-order valence-electron chi connectivity index (χ4n) is 1.53. The topological polar surface area (TPSA) is 46.2 Å². The summed E-state index contributed by atoms with van der Waals surface area (Å²) in [4.78, 5) is 0.0250. The van der Waals surface area contributed by atoms with E-state index in [0.717, 1.165) is 6.42 Å². The third-order valence-electron chi connectivity index (χ3n) is 2.55. The number of nitrogens with one attached hydrogen (secondary N) is 1. The second-order valence-corrected chi connectivity index (χ2v) is 6.51. The molecule has 1 atom stereocenters. The van der Waals surface area contributed by atoms with E-state index in [1.54, 1.807) is 13.1 Å². The summed E-state index contributed by atoms with van der Waals surface area (Å²) in [5, 5.41) is 3.29. The molecule has 1 unspecified atom stereocenters. The van der Waals surface area contributed by atoms with Crippen LogP contribution in [0.25, 0.3) is 0 Å². The summed E-state index contributed by atoms with van der Waals surface area (Å²) in [6.45, 7) is 1.92. The first-order chi connectivity index (χ1) is 7.92. The Hall–Kier alpha value is -0.290. The fourth-order valence-corrected chi connectivity index (χ4v) is 4.46. The van der Waals surface area contributed by atoms with Crippen LogP contribution in [0.15, 0.2) is 23.1 Å². The molecule has 6 heteroatoms. The summed E-state index contributed by atoms with van der Waals surface area (Å²) in [7, 11) is -1.74. The Labute approximate surface area is 112 Å². The minimum Gasteiger partial charge on any atom is -0.316 e. The molecule has 1 N–H and O–H groups in total. The molecule has 96 valence electrons. The summed E-state index contributed by atoms with van der Waals surface area (Å²) >= 11 is 11.8. The molecular formula is C11H15Cl2NO2S. The van der Waals surface area contributed by atoms with Crippen LogP contribution in [0.2, 0.25) is 10.0 Å². The van der Waals surface area contributed by atoms with Crippen molar-refractivity contribution < 1.29 is 8.42 Å². The zero-order chi connectivity index (χ0) is 13.1. The molecule has 0 aliphatic rings. The van der Waals surface area contributed by atoms with Gasteiger partial charge in [-0.25, -0.2) is 8.42 Å². The van der Waals surface area contributed by atoms with Crippen molar-refractivity contribution in [2.24, 2.45) is 0 Å². The number of rotatable bonds is 5. The van der Waals surface area contributed by atoms with Crippen LogP contribution >= 0.6 is 23.2 Å². The van der Waals surface area contributed by atoms with Crippen molar-refractivity contribution in [1.82, 2.24) is 5.32 Å². The predicted octanol–water partition coefficient (Wildman–Crippen LogP) is 2.77. The maximum absolute atomic E-state index is 12.2. The zero-order valence-corrected chi connectivity index (χ0v) is 12.0. The summed E-state index contributed by atoms with van der Waals surface area (Å²) in [5.74, 6) is -0.0105. The molecule has 1 aromatic rings. The Balaban J connectivity index is 3.14. The second kappa shape index (κ2) is 6.05. The Morgan fingerprint density at radius 3 is 2.24 bits per heavy atom. The van der Waals surface area contributed by atoms with Crippen molar-refractivity contribution in [1.29, 1.82) is 0 Å². The largest absolute Gasteiger partial charge is 0.316 e. The Kier molecular flexibility index (Phi) is 5.25. The van der Waals surface area contributed by atoms with Gasteiger partial charge in [0.1, 0.15) is 4.90 Å². The first-order valence-electron chi connectivity index (χ1n) is 5.26. The Morgan fingerprint density at radius 2 is 1.82 bits per heavy atom. The van der Waals surface area contributed by atoms with Gasteiger partial charge in [-0.3, -0.25) is 0 Å². The second-order valence-electron chi connectivity index (χ2n) is 3.73. The molecule has 17 heavy (non-hydrogen) atoms. The minimum absolute atomic E-state index is 0.0105. The normalized spacial score (nSPS) is 13.6. The van der Waals surface area contributed by atoms with Crippen LogP contribution in [0, 0.1) is 0 Å². The minimum atomic E-state index is -3.47. The Bertz CT molecular complexity index is 464. The lowest BCUT2D eigenvalue weighted by molar-refractivity contribution is 0.556. The maximum atomic E-state index is 12.2. The monoisotopic (exact) mass is 295 g/mol. The fraction of sp³-hybridized carbons (Fsp3) is 0.455. The van der Waals surface area contributed by atoms with E-state index in [2.05, 4.69) is 5.32 Å². The maximum Gasteiger partial charge on any atom is 0.182 e. The van der Waals surface area contributed by atoms with Gasteiger partial charge < -0.3 is 5.32 Å². The van der Waals surface area contributed by atoms with E-state index in [9.17, 15) is 8.42 Å². The first-order valence-corrected chi connectivity index (χ1v) is 7.67. The highest BCUT2D eigenvalue weighted by Crippen LogP contribution is 2.30. The van der Waals surface area contributed by atoms with Crippen LogP contribution in [0.5, 0.6) is 0 Å². The van der Waals surface area contributed by atoms with Gasteiger partial charge in [-0.1, -0.05) is 36.2 Å². The van der Waals surface area contributed by atoms with E-state index >= 15 is 0 Å². The first kappa shape index (κ1) is 14.8. The number of halogens is 2. The van der Waals surface area contributed by atoms with E-state index in [4.69, 9.17) is 23.2 Å². The lowest BCUT2D eigenvalue weighted by atomic mass is 10.3. The highest BCUT2D eigenvalue weighted by molar-refractivity contribution is 7.91. The van der Waals surface area contributed by atoms with Crippen LogP contribution in [0.1, 0.15) is 13.3 Å². The molecular weight excluding hydrogens is 281 g/mol. The lowest BCUT2D eigenvalue weighted by Crippen LogP contribution is -2.32. The van der Waals surface area contributed by atoms with Gasteiger partial charge >= 0.3 is 0 Å². The number of sulfone groups is 1. The molecule has 0 saturated heterocycles. The quantitative estimate of drug-likeness (QED) is 0.909. The van der Waals surface area contributed by atoms with Gasteiger partial charge in [0.05, 0.1) is 15.8 Å². The molecule has 0 amide bonds. The molecule has 0 fully saturated rings. The number of benzene rings is 1. The van der Waals surface area contributed by atoms with Crippen LogP contribution in [0.3, 0.4) is 0 Å². The summed E-state index contributed by atoms with van der Waals surface area (Å²) in [6, 6.07) is 4.58. The molecule has 0 saturated carbocycles. The van der Waals surface area contributed by atoms with Gasteiger partial charge in [0.2, 0.25) is 0 Å². The van der Waals surface area contributed by atoms with Crippen molar-refractivity contribution in [2.45, 2.75) is 24.3 Å². The molecule has 0 aliphatic carbocycles. The molecule has 0 bridgehead atoms. The van der Waals surface area contributed by atoms with Crippen molar-refractivity contribution >= 4 is 33.0 Å². The molecule has 0 spiro atoms.